The van der Waals surface area contributed by atoms with Gasteiger partial charge in [0.05, 0.1) is 0 Å². The third-order valence-electron chi connectivity index (χ3n) is 3.72. The summed E-state index contributed by atoms with van der Waals surface area (Å²) in [5, 5.41) is 11.9. The van der Waals surface area contributed by atoms with Crippen LogP contribution in [0.25, 0.3) is 0 Å². The number of hydrogen-bond donors (Lipinski definition) is 2. The molecule has 0 spiro atoms. The van der Waals surface area contributed by atoms with Crippen LogP contribution in [0.5, 0.6) is 0 Å². The molecular weight excluding hydrogens is 258 g/mol. The highest BCUT2D eigenvalue weighted by Crippen LogP contribution is 2.34. The molecule has 0 aromatic heterocycles. The van der Waals surface area contributed by atoms with E-state index in [1.165, 1.54) is 0 Å². The van der Waals surface area contributed by atoms with Gasteiger partial charge in [0.2, 0.25) is 0 Å². The number of alkyl carbamates (subject to hydrolysis) is 1. The average molecular weight is 277 g/mol. The minimum absolute atomic E-state index is 0.137. The highest BCUT2D eigenvalue weighted by atomic mass is 16.5. The topological polar surface area (TPSA) is 75.6 Å². The van der Waals surface area contributed by atoms with Crippen LogP contribution in [-0.2, 0) is 16.1 Å². The number of benzene rings is 1. The van der Waals surface area contributed by atoms with E-state index >= 15 is 0 Å². The number of amides is 1. The molecule has 20 heavy (non-hydrogen) atoms. The van der Waals surface area contributed by atoms with E-state index in [-0.39, 0.29) is 6.61 Å². The summed E-state index contributed by atoms with van der Waals surface area (Å²) in [6.07, 6.45) is 1.02. The lowest BCUT2D eigenvalue weighted by Gasteiger charge is -2.25. The first-order chi connectivity index (χ1) is 9.52. The van der Waals surface area contributed by atoms with Crippen LogP contribution in [0.1, 0.15) is 31.7 Å². The summed E-state index contributed by atoms with van der Waals surface area (Å²) in [6, 6.07) is 9.28. The zero-order valence-corrected chi connectivity index (χ0v) is 11.5. The predicted molar refractivity (Wildman–Crippen MR) is 73.1 cm³/mol. The standard InChI is InChI=1S/C15H19NO4/c1-11-7-8-15(9-11,13(17)18)16-14(19)20-10-12-5-3-2-4-6-12/h2-6,11H,7-10H2,1H3,(H,16,19)(H,17,18). The Morgan fingerprint density at radius 2 is 2.10 bits per heavy atom. The summed E-state index contributed by atoms with van der Waals surface area (Å²) in [5.41, 5.74) is -0.306. The largest absolute Gasteiger partial charge is 0.480 e. The minimum Gasteiger partial charge on any atom is -0.480 e. The van der Waals surface area contributed by atoms with Gasteiger partial charge in [-0.05, 0) is 30.7 Å². The third kappa shape index (κ3) is 3.29. The molecule has 5 heteroatoms. The molecule has 2 N–H and O–H groups in total. The van der Waals surface area contributed by atoms with Crippen molar-refractivity contribution in [3.63, 3.8) is 0 Å². The first-order valence-electron chi connectivity index (χ1n) is 6.74. The Morgan fingerprint density at radius 3 is 2.65 bits per heavy atom. The predicted octanol–water partition coefficient (Wildman–Crippen LogP) is 2.56. The number of aliphatic carboxylic acids is 1. The molecule has 2 atom stereocenters. The van der Waals surface area contributed by atoms with Crippen LogP contribution in [0.3, 0.4) is 0 Å². The molecule has 108 valence electrons. The molecule has 0 radical (unpaired) electrons. The fourth-order valence-corrected chi connectivity index (χ4v) is 2.61. The van der Waals surface area contributed by atoms with Crippen LogP contribution >= 0.6 is 0 Å². The van der Waals surface area contributed by atoms with Crippen LogP contribution in [0.15, 0.2) is 30.3 Å². The number of carbonyl (C=O) groups excluding carboxylic acids is 1. The molecule has 1 fully saturated rings. The Labute approximate surface area is 117 Å². The van der Waals surface area contributed by atoms with Crippen LogP contribution in [-0.4, -0.2) is 22.7 Å². The van der Waals surface area contributed by atoms with Crippen molar-refractivity contribution >= 4 is 12.1 Å². The van der Waals surface area contributed by atoms with E-state index in [4.69, 9.17) is 4.74 Å². The van der Waals surface area contributed by atoms with E-state index in [1.54, 1.807) is 0 Å². The molecule has 0 aliphatic heterocycles. The fraction of sp³-hybridized carbons (Fsp3) is 0.467. The summed E-state index contributed by atoms with van der Waals surface area (Å²) in [6.45, 7) is 2.12. The minimum atomic E-state index is -1.17. The second kappa shape index (κ2) is 5.94. The summed E-state index contributed by atoms with van der Waals surface area (Å²) >= 11 is 0. The molecule has 1 aromatic carbocycles. The molecule has 0 heterocycles. The Hall–Kier alpha value is -2.04. The zero-order chi connectivity index (χ0) is 14.6. The maximum Gasteiger partial charge on any atom is 0.408 e. The van der Waals surface area contributed by atoms with Gasteiger partial charge in [-0.25, -0.2) is 9.59 Å². The van der Waals surface area contributed by atoms with Gasteiger partial charge in [0.15, 0.2) is 0 Å². The van der Waals surface area contributed by atoms with Gasteiger partial charge in [0.25, 0.3) is 0 Å². The Balaban J connectivity index is 1.91. The smallest absolute Gasteiger partial charge is 0.408 e. The molecule has 1 amide bonds. The van der Waals surface area contributed by atoms with Crippen molar-refractivity contribution in [2.45, 2.75) is 38.3 Å². The average Bonchev–Trinajstić information content (AvgIpc) is 2.80. The number of carboxylic acids is 1. The van der Waals surface area contributed by atoms with Gasteiger partial charge in [-0.3, -0.25) is 0 Å². The van der Waals surface area contributed by atoms with E-state index in [0.29, 0.717) is 18.8 Å². The van der Waals surface area contributed by atoms with Crippen molar-refractivity contribution in [2.75, 3.05) is 0 Å². The van der Waals surface area contributed by atoms with Crippen molar-refractivity contribution in [1.82, 2.24) is 5.32 Å². The first-order valence-corrected chi connectivity index (χ1v) is 6.74. The molecule has 2 rings (SSSR count). The SMILES string of the molecule is CC1CCC(NC(=O)OCc2ccccc2)(C(=O)O)C1. The van der Waals surface area contributed by atoms with Crippen molar-refractivity contribution in [1.29, 1.82) is 0 Å². The van der Waals surface area contributed by atoms with Gasteiger partial charge in [-0.1, -0.05) is 37.3 Å². The molecule has 1 saturated carbocycles. The van der Waals surface area contributed by atoms with Gasteiger partial charge in [-0.2, -0.15) is 0 Å². The summed E-state index contributed by atoms with van der Waals surface area (Å²) in [5.74, 6) is -0.695. The number of carbonyl (C=O) groups is 2. The molecular formula is C15H19NO4. The Morgan fingerprint density at radius 1 is 1.40 bits per heavy atom. The fourth-order valence-electron chi connectivity index (χ4n) is 2.61. The number of ether oxygens (including phenoxy) is 1. The Kier molecular flexibility index (Phi) is 4.27. The highest BCUT2D eigenvalue weighted by Gasteiger charge is 2.45. The van der Waals surface area contributed by atoms with Gasteiger partial charge in [-0.15, -0.1) is 0 Å². The second-order valence-corrected chi connectivity index (χ2v) is 5.42. The van der Waals surface area contributed by atoms with Crippen molar-refractivity contribution in [3.8, 4) is 0 Å². The molecule has 1 aliphatic rings. The van der Waals surface area contributed by atoms with Crippen LogP contribution < -0.4 is 5.32 Å². The summed E-state index contributed by atoms with van der Waals surface area (Å²) in [7, 11) is 0. The van der Waals surface area contributed by atoms with Gasteiger partial charge in [0.1, 0.15) is 12.1 Å². The Bertz CT molecular complexity index is 488. The van der Waals surface area contributed by atoms with Gasteiger partial charge in [0, 0.05) is 0 Å². The van der Waals surface area contributed by atoms with Crippen molar-refractivity contribution < 1.29 is 19.4 Å². The van der Waals surface area contributed by atoms with E-state index < -0.39 is 17.6 Å². The van der Waals surface area contributed by atoms with E-state index in [2.05, 4.69) is 5.32 Å². The molecule has 1 aromatic rings. The lowest BCUT2D eigenvalue weighted by atomic mass is 9.97. The monoisotopic (exact) mass is 277 g/mol. The lowest BCUT2D eigenvalue weighted by Crippen LogP contribution is -2.52. The maximum absolute atomic E-state index is 11.8. The maximum atomic E-state index is 11.8. The van der Waals surface area contributed by atoms with Crippen LogP contribution in [0.2, 0.25) is 0 Å². The lowest BCUT2D eigenvalue weighted by molar-refractivity contribution is -0.144. The highest BCUT2D eigenvalue weighted by molar-refractivity contribution is 5.84. The number of nitrogens with one attached hydrogen (secondary N) is 1. The van der Waals surface area contributed by atoms with Crippen molar-refractivity contribution in [3.05, 3.63) is 35.9 Å². The number of hydrogen-bond acceptors (Lipinski definition) is 3. The molecule has 5 nitrogen and oxygen atoms in total. The summed E-state index contributed by atoms with van der Waals surface area (Å²) in [4.78, 5) is 23.2. The third-order valence-corrected chi connectivity index (χ3v) is 3.72. The van der Waals surface area contributed by atoms with E-state index in [0.717, 1.165) is 12.0 Å². The van der Waals surface area contributed by atoms with Crippen LogP contribution in [0.4, 0.5) is 4.79 Å². The zero-order valence-electron chi connectivity index (χ0n) is 11.5. The van der Waals surface area contributed by atoms with E-state index in [9.17, 15) is 14.7 Å². The normalized spacial score (nSPS) is 25.1. The van der Waals surface area contributed by atoms with Gasteiger partial charge < -0.3 is 15.2 Å². The first kappa shape index (κ1) is 14.4. The van der Waals surface area contributed by atoms with E-state index in [1.807, 2.05) is 37.3 Å². The molecule has 1 aliphatic carbocycles. The second-order valence-electron chi connectivity index (χ2n) is 5.42. The molecule has 0 bridgehead atoms. The number of carboxylic acid groups (broad SMARTS) is 1. The molecule has 0 saturated heterocycles. The van der Waals surface area contributed by atoms with Crippen LogP contribution in [0, 0.1) is 5.92 Å². The molecule has 2 unspecified atom stereocenters. The quantitative estimate of drug-likeness (QED) is 0.886. The summed E-state index contributed by atoms with van der Waals surface area (Å²) < 4.78 is 5.09. The number of rotatable bonds is 4. The van der Waals surface area contributed by atoms with Gasteiger partial charge >= 0.3 is 12.1 Å². The van der Waals surface area contributed by atoms with Crippen molar-refractivity contribution in [2.24, 2.45) is 5.92 Å².